The molecule has 0 aliphatic rings. The summed E-state index contributed by atoms with van der Waals surface area (Å²) < 4.78 is 0. The van der Waals surface area contributed by atoms with Crippen LogP contribution in [0.25, 0.3) is 10.9 Å². The number of hydrogen-bond donors (Lipinski definition) is 16. The molecular formula is C50H72N10O20. The third kappa shape index (κ3) is 23.6. The molecule has 0 saturated carbocycles. The fourth-order valence-corrected chi connectivity index (χ4v) is 7.83. The molecule has 442 valence electrons. The molecule has 1 aromatic heterocycles. The molecule has 17 N–H and O–H groups in total. The Morgan fingerprint density at radius 1 is 0.512 bits per heavy atom. The van der Waals surface area contributed by atoms with E-state index < -0.39 is 195 Å². The number of aliphatic carboxylic acids is 5. The number of nitrogens with one attached hydrogen (secondary N) is 9. The number of para-hydroxylation sites is 1. The van der Waals surface area contributed by atoms with Crippen LogP contribution in [0.3, 0.4) is 0 Å². The predicted octanol–water partition coefficient (Wildman–Crippen LogP) is -2.87. The van der Waals surface area contributed by atoms with E-state index in [0.29, 0.717) is 22.8 Å². The SMILES string of the molecule is CC(C)C[C@H](NC(=O)[C@@H](NC(=O)[C@H](CCC(=O)O)NC(=O)[C@H](Cc1c[nH]c2ccccc12)NC(=O)[C@@H](NC(=O)[C@H](CCC(=O)O)NC(=O)[C@H](CC(=O)O)NC(=O)[C@@H](N)CCC(=O)O)[C@@H](C)O)C(C)C)C(=O)N[C@H](C=O)CCC(=O)O. The fourth-order valence-electron chi connectivity index (χ4n) is 7.83. The number of carbonyl (C=O) groups is 14. The lowest BCUT2D eigenvalue weighted by molar-refractivity contribution is -0.142. The Kier molecular flexibility index (Phi) is 27.9. The summed E-state index contributed by atoms with van der Waals surface area (Å²) in [5.41, 5.74) is 6.68. The summed E-state index contributed by atoms with van der Waals surface area (Å²) in [6.45, 7) is 7.54. The van der Waals surface area contributed by atoms with Crippen molar-refractivity contribution >= 4 is 94.3 Å². The maximum Gasteiger partial charge on any atom is 0.305 e. The molecule has 0 spiro atoms. The van der Waals surface area contributed by atoms with Crippen molar-refractivity contribution in [2.45, 2.75) is 166 Å². The van der Waals surface area contributed by atoms with Gasteiger partial charge in [0.05, 0.1) is 24.6 Å². The number of aromatic nitrogens is 1. The van der Waals surface area contributed by atoms with Crippen molar-refractivity contribution in [1.82, 2.24) is 47.5 Å². The van der Waals surface area contributed by atoms with Crippen LogP contribution in [-0.4, -0.2) is 179 Å². The normalized spacial score (nSPS) is 14.9. The Bertz CT molecular complexity index is 2570. The predicted molar refractivity (Wildman–Crippen MR) is 277 cm³/mol. The van der Waals surface area contributed by atoms with E-state index in [1.165, 1.54) is 20.0 Å². The lowest BCUT2D eigenvalue weighted by Gasteiger charge is -2.29. The highest BCUT2D eigenvalue weighted by Crippen LogP contribution is 2.20. The van der Waals surface area contributed by atoms with Crippen molar-refractivity contribution in [2.75, 3.05) is 0 Å². The number of H-pyrrole nitrogens is 1. The van der Waals surface area contributed by atoms with Crippen molar-refractivity contribution in [3.8, 4) is 0 Å². The number of hydrogen-bond acceptors (Lipinski definition) is 16. The molecular weight excluding hydrogens is 1060 g/mol. The van der Waals surface area contributed by atoms with Crippen LogP contribution in [0.2, 0.25) is 0 Å². The van der Waals surface area contributed by atoms with E-state index in [9.17, 15) is 87.5 Å². The summed E-state index contributed by atoms with van der Waals surface area (Å²) in [6.07, 6.45) is -6.02. The van der Waals surface area contributed by atoms with E-state index in [1.807, 2.05) is 0 Å². The first-order valence-electron chi connectivity index (χ1n) is 25.4. The number of aldehydes is 1. The average molecular weight is 1130 g/mol. The van der Waals surface area contributed by atoms with Crippen molar-refractivity contribution in [2.24, 2.45) is 17.6 Å². The van der Waals surface area contributed by atoms with Gasteiger partial charge in [0.1, 0.15) is 48.6 Å². The molecule has 0 bridgehead atoms. The fraction of sp³-hybridized carbons (Fsp3) is 0.560. The molecule has 0 unspecified atom stereocenters. The first-order chi connectivity index (χ1) is 37.4. The molecule has 10 atom stereocenters. The van der Waals surface area contributed by atoms with E-state index in [4.69, 9.17) is 15.9 Å². The number of fused-ring (bicyclic) bond motifs is 1. The summed E-state index contributed by atoms with van der Waals surface area (Å²) in [7, 11) is 0. The Morgan fingerprint density at radius 3 is 1.45 bits per heavy atom. The van der Waals surface area contributed by atoms with Gasteiger partial charge >= 0.3 is 29.8 Å². The number of carboxylic acid groups (broad SMARTS) is 5. The van der Waals surface area contributed by atoms with E-state index in [2.05, 4.69) is 47.5 Å². The molecule has 1 heterocycles. The Hall–Kier alpha value is -8.54. The number of carbonyl (C=O) groups excluding carboxylic acids is 9. The minimum Gasteiger partial charge on any atom is -0.481 e. The molecule has 2 aromatic rings. The molecule has 0 fully saturated rings. The second-order valence-corrected chi connectivity index (χ2v) is 19.6. The topological polar surface area (TPSA) is 498 Å². The molecule has 0 radical (unpaired) electrons. The maximum absolute atomic E-state index is 14.5. The van der Waals surface area contributed by atoms with Gasteiger partial charge < -0.3 is 88.7 Å². The second-order valence-electron chi connectivity index (χ2n) is 19.6. The van der Waals surface area contributed by atoms with Crippen LogP contribution in [0, 0.1) is 11.8 Å². The van der Waals surface area contributed by atoms with Gasteiger partial charge in [0.2, 0.25) is 47.3 Å². The molecule has 30 nitrogen and oxygen atoms in total. The van der Waals surface area contributed by atoms with Gasteiger partial charge in [-0.05, 0) is 62.5 Å². The highest BCUT2D eigenvalue weighted by molar-refractivity contribution is 5.99. The first kappa shape index (κ1) is 67.6. The summed E-state index contributed by atoms with van der Waals surface area (Å²) >= 11 is 0. The Labute approximate surface area is 457 Å². The Morgan fingerprint density at radius 2 is 0.950 bits per heavy atom. The number of nitrogens with two attached hydrogens (primary N) is 1. The van der Waals surface area contributed by atoms with Crippen LogP contribution >= 0.6 is 0 Å². The maximum atomic E-state index is 14.5. The van der Waals surface area contributed by atoms with Crippen molar-refractivity contribution in [1.29, 1.82) is 0 Å². The standard InChI is InChI=1S/C50H72N10O20/c1-23(2)18-33(46(76)53-27(22-61)10-14-36(63)64)57-49(79)41(24(3)4)59-44(74)31(12-16-38(67)68)54-47(77)34(19-26-21-52-30-9-7-6-8-28(26)30)58-50(80)42(25(5)62)60-45(75)32(13-17-39(69)70)55-48(78)35(20-40(71)72)56-43(73)29(51)11-15-37(65)66/h6-9,21-25,27,29,31-35,41-42,52,62H,10-20,51H2,1-5H3,(H,53,76)(H,54,77)(H,55,78)(H,56,73)(H,57,79)(H,58,80)(H,59,74)(H,60,75)(H,63,64)(H,65,66)(H,67,68)(H,69,70)(H,71,72)/t25-,27+,29+,31+,32+,33+,34+,35+,41+,42+/m1/s1. The van der Waals surface area contributed by atoms with Crippen molar-refractivity contribution < 1.29 is 97.8 Å². The van der Waals surface area contributed by atoms with Crippen LogP contribution in [0.5, 0.6) is 0 Å². The van der Waals surface area contributed by atoms with E-state index in [-0.39, 0.29) is 25.2 Å². The Balaban J connectivity index is 2.54. The number of aromatic amines is 1. The highest BCUT2D eigenvalue weighted by atomic mass is 16.4. The lowest BCUT2D eigenvalue weighted by Crippen LogP contribution is -2.62. The summed E-state index contributed by atoms with van der Waals surface area (Å²) in [4.78, 5) is 182. The smallest absolute Gasteiger partial charge is 0.305 e. The zero-order chi connectivity index (χ0) is 60.6. The minimum absolute atomic E-state index is 0.0227. The van der Waals surface area contributed by atoms with E-state index in [1.54, 1.807) is 38.1 Å². The van der Waals surface area contributed by atoms with Gasteiger partial charge in [-0.25, -0.2) is 0 Å². The summed E-state index contributed by atoms with van der Waals surface area (Å²) in [6, 6.07) is -8.19. The molecule has 30 heteroatoms. The highest BCUT2D eigenvalue weighted by Gasteiger charge is 2.37. The third-order valence-electron chi connectivity index (χ3n) is 12.1. The monoisotopic (exact) mass is 1130 g/mol. The van der Waals surface area contributed by atoms with Gasteiger partial charge in [-0.2, -0.15) is 0 Å². The number of rotatable bonds is 37. The van der Waals surface area contributed by atoms with Crippen LogP contribution in [0.1, 0.15) is 104 Å². The van der Waals surface area contributed by atoms with Gasteiger partial charge in [-0.3, -0.25) is 62.3 Å². The van der Waals surface area contributed by atoms with Gasteiger partial charge in [-0.15, -0.1) is 0 Å². The number of aliphatic hydroxyl groups excluding tert-OH is 1. The van der Waals surface area contributed by atoms with Crippen LogP contribution in [0.4, 0.5) is 0 Å². The van der Waals surface area contributed by atoms with Crippen LogP contribution < -0.4 is 48.3 Å². The average Bonchev–Trinajstić information content (AvgIpc) is 3.78. The van der Waals surface area contributed by atoms with E-state index >= 15 is 0 Å². The third-order valence-corrected chi connectivity index (χ3v) is 12.1. The molecule has 0 aliphatic heterocycles. The van der Waals surface area contributed by atoms with Gasteiger partial charge in [0.15, 0.2) is 0 Å². The minimum atomic E-state index is -2.03. The quantitative estimate of drug-likeness (QED) is 0.0302. The molecule has 2 rings (SSSR count). The number of carboxylic acids is 5. The molecule has 1 aromatic carbocycles. The van der Waals surface area contributed by atoms with E-state index in [0.717, 1.165) is 6.92 Å². The molecule has 8 amide bonds. The number of amides is 8. The summed E-state index contributed by atoms with van der Waals surface area (Å²) in [5, 5.41) is 76.6. The van der Waals surface area contributed by atoms with Crippen LogP contribution in [0.15, 0.2) is 30.5 Å². The van der Waals surface area contributed by atoms with Gasteiger partial charge in [-0.1, -0.05) is 45.9 Å². The molecule has 0 aliphatic carbocycles. The van der Waals surface area contributed by atoms with Crippen molar-refractivity contribution in [3.63, 3.8) is 0 Å². The number of benzene rings is 1. The zero-order valence-electron chi connectivity index (χ0n) is 44.6. The zero-order valence-corrected chi connectivity index (χ0v) is 44.6. The molecule has 80 heavy (non-hydrogen) atoms. The molecule has 0 saturated heterocycles. The second kappa shape index (κ2) is 33.0. The largest absolute Gasteiger partial charge is 0.481 e. The first-order valence-corrected chi connectivity index (χ1v) is 25.4. The van der Waals surface area contributed by atoms with Gasteiger partial charge in [0, 0.05) is 49.2 Å². The van der Waals surface area contributed by atoms with Crippen molar-refractivity contribution in [3.05, 3.63) is 36.0 Å². The summed E-state index contributed by atoms with van der Waals surface area (Å²) in [5.74, 6) is -17.1. The van der Waals surface area contributed by atoms with Crippen LogP contribution in [-0.2, 0) is 73.5 Å². The number of aliphatic hydroxyl groups is 1. The lowest BCUT2D eigenvalue weighted by atomic mass is 9.98. The van der Waals surface area contributed by atoms with Gasteiger partial charge in [0.25, 0.3) is 0 Å².